The molecule has 2 fully saturated rings. The molecule has 3 aromatic rings. The molecule has 7 nitrogen and oxygen atoms in total. The lowest BCUT2D eigenvalue weighted by Crippen LogP contribution is -2.50. The quantitative estimate of drug-likeness (QED) is 0.255. The van der Waals surface area contributed by atoms with Crippen molar-refractivity contribution in [3.05, 3.63) is 70.2 Å². The Labute approximate surface area is 260 Å². The zero-order valence-electron chi connectivity index (χ0n) is 25.4. The molecule has 0 spiro atoms. The van der Waals surface area contributed by atoms with Gasteiger partial charge in [0.25, 0.3) is 0 Å². The Hall–Kier alpha value is -3.39. The van der Waals surface area contributed by atoms with E-state index in [-0.39, 0.29) is 11.9 Å². The summed E-state index contributed by atoms with van der Waals surface area (Å²) in [6.45, 7) is 3.33. The maximum atomic E-state index is 14.0. The third-order valence-electron chi connectivity index (χ3n) is 9.48. The fourth-order valence-corrected chi connectivity index (χ4v) is 7.88. The highest BCUT2D eigenvalue weighted by atomic mass is 32.1. The number of hydrogen-bond acceptors (Lipinski definition) is 7. The van der Waals surface area contributed by atoms with Gasteiger partial charge in [-0.25, -0.2) is 9.98 Å². The standard InChI is InChI=1S/C35H45N5O2S/c1-25-37-28(24-43-25)23-39(29-13-7-3-8-14-29)34(41)20-19-33(26-11-5-2-6-12-26)40-22-27-21-31(17-18-32(27)38-35(40)36)42-30-15-9-4-10-16-30/h4,9-10,15-18,21,24,26,29,33H,2-3,5-8,11-14,19-20,22-23H2,1H3,(H2,36,38)/t33-/m0/s1. The summed E-state index contributed by atoms with van der Waals surface area (Å²) in [5.41, 5.74) is 9.72. The van der Waals surface area contributed by atoms with Crippen molar-refractivity contribution in [3.63, 3.8) is 0 Å². The number of amides is 1. The molecule has 1 amide bonds. The van der Waals surface area contributed by atoms with Gasteiger partial charge in [0.2, 0.25) is 5.91 Å². The van der Waals surface area contributed by atoms with Crippen LogP contribution in [0.5, 0.6) is 11.5 Å². The van der Waals surface area contributed by atoms with Crippen molar-refractivity contribution in [2.45, 2.75) is 109 Å². The number of carbonyl (C=O) groups excluding carboxylic acids is 1. The minimum atomic E-state index is 0.176. The topological polar surface area (TPSA) is 84.0 Å². The first-order valence-corrected chi connectivity index (χ1v) is 17.1. The molecule has 2 heterocycles. The molecule has 1 aromatic heterocycles. The maximum absolute atomic E-state index is 14.0. The van der Waals surface area contributed by atoms with E-state index in [2.05, 4.69) is 21.2 Å². The number of carbonyl (C=O) groups is 1. The highest BCUT2D eigenvalue weighted by molar-refractivity contribution is 7.09. The molecule has 0 unspecified atom stereocenters. The van der Waals surface area contributed by atoms with Crippen molar-refractivity contribution in [1.29, 1.82) is 0 Å². The molecule has 0 saturated heterocycles. The van der Waals surface area contributed by atoms with Gasteiger partial charge in [-0.1, -0.05) is 56.7 Å². The van der Waals surface area contributed by atoms with E-state index in [1.54, 1.807) is 11.3 Å². The minimum Gasteiger partial charge on any atom is -0.457 e. The zero-order chi connectivity index (χ0) is 29.6. The normalized spacial score (nSPS) is 18.5. The van der Waals surface area contributed by atoms with Crippen LogP contribution >= 0.6 is 11.3 Å². The molecule has 2 saturated carbocycles. The van der Waals surface area contributed by atoms with Crippen LogP contribution in [0.3, 0.4) is 0 Å². The number of thiazole rings is 1. The molecule has 43 heavy (non-hydrogen) atoms. The predicted molar refractivity (Wildman–Crippen MR) is 174 cm³/mol. The molecule has 0 bridgehead atoms. The van der Waals surface area contributed by atoms with Gasteiger partial charge in [-0.2, -0.15) is 0 Å². The second-order valence-corrected chi connectivity index (χ2v) is 13.5. The Morgan fingerprint density at radius 1 is 1.02 bits per heavy atom. The van der Waals surface area contributed by atoms with E-state index >= 15 is 0 Å². The number of rotatable bonds is 10. The highest BCUT2D eigenvalue weighted by Gasteiger charge is 2.34. The van der Waals surface area contributed by atoms with Gasteiger partial charge >= 0.3 is 0 Å². The second-order valence-electron chi connectivity index (χ2n) is 12.5. The molecule has 6 rings (SSSR count). The molecule has 2 aliphatic carbocycles. The number of ether oxygens (including phenoxy) is 1. The number of para-hydroxylation sites is 1. The Morgan fingerprint density at radius 2 is 1.77 bits per heavy atom. The largest absolute Gasteiger partial charge is 0.457 e. The first-order chi connectivity index (χ1) is 21.0. The van der Waals surface area contributed by atoms with Crippen molar-refractivity contribution in [2.75, 3.05) is 0 Å². The van der Waals surface area contributed by atoms with Crippen molar-refractivity contribution < 1.29 is 9.53 Å². The van der Waals surface area contributed by atoms with E-state index in [1.165, 1.54) is 51.4 Å². The molecule has 0 radical (unpaired) electrons. The van der Waals surface area contributed by atoms with Crippen LogP contribution in [-0.4, -0.2) is 38.7 Å². The van der Waals surface area contributed by atoms with Crippen LogP contribution in [0.1, 0.15) is 93.3 Å². The van der Waals surface area contributed by atoms with Crippen LogP contribution in [0.2, 0.25) is 0 Å². The van der Waals surface area contributed by atoms with Crippen LogP contribution in [-0.2, 0) is 17.9 Å². The minimum absolute atomic E-state index is 0.176. The zero-order valence-corrected chi connectivity index (χ0v) is 26.2. The molecule has 1 aliphatic heterocycles. The first kappa shape index (κ1) is 29.7. The summed E-state index contributed by atoms with van der Waals surface area (Å²) in [7, 11) is 0. The van der Waals surface area contributed by atoms with Gasteiger partial charge in [-0.3, -0.25) is 4.79 Å². The lowest BCUT2D eigenvalue weighted by atomic mass is 9.81. The number of aromatic nitrogens is 1. The molecule has 1 atom stereocenters. The summed E-state index contributed by atoms with van der Waals surface area (Å²) in [5.74, 6) is 2.93. The summed E-state index contributed by atoms with van der Waals surface area (Å²) < 4.78 is 6.14. The number of hydrogen-bond donors (Lipinski definition) is 1. The van der Waals surface area contributed by atoms with Gasteiger partial charge < -0.3 is 20.3 Å². The van der Waals surface area contributed by atoms with E-state index in [4.69, 9.17) is 20.4 Å². The molecule has 8 heteroatoms. The van der Waals surface area contributed by atoms with Crippen LogP contribution in [0.25, 0.3) is 0 Å². The number of aryl methyl sites for hydroxylation is 1. The van der Waals surface area contributed by atoms with Gasteiger partial charge in [0, 0.05) is 36.0 Å². The van der Waals surface area contributed by atoms with Crippen LogP contribution in [0.15, 0.2) is 58.9 Å². The number of nitrogens with zero attached hydrogens (tertiary/aromatic N) is 4. The maximum Gasteiger partial charge on any atom is 0.223 e. The number of benzene rings is 2. The fraction of sp³-hybridized carbons (Fsp3) is 0.514. The fourth-order valence-electron chi connectivity index (χ4n) is 7.27. The van der Waals surface area contributed by atoms with E-state index in [0.29, 0.717) is 37.4 Å². The van der Waals surface area contributed by atoms with E-state index in [1.807, 2.05) is 49.4 Å². The molecule has 2 aromatic carbocycles. The summed E-state index contributed by atoms with van der Waals surface area (Å²) in [5, 5.41) is 3.17. The van der Waals surface area contributed by atoms with Gasteiger partial charge in [0.1, 0.15) is 11.5 Å². The monoisotopic (exact) mass is 599 g/mol. The Morgan fingerprint density at radius 3 is 2.49 bits per heavy atom. The average Bonchev–Trinajstić information content (AvgIpc) is 3.46. The van der Waals surface area contributed by atoms with Gasteiger partial charge in [-0.05, 0) is 75.3 Å². The summed E-state index contributed by atoms with van der Waals surface area (Å²) >= 11 is 1.66. The lowest BCUT2D eigenvalue weighted by molar-refractivity contribution is -0.135. The van der Waals surface area contributed by atoms with E-state index in [0.717, 1.165) is 52.7 Å². The summed E-state index contributed by atoms with van der Waals surface area (Å²) in [6, 6.07) is 16.4. The van der Waals surface area contributed by atoms with Crippen molar-refractivity contribution in [1.82, 2.24) is 14.8 Å². The number of aliphatic imine (C=N–C) groups is 1. The molecular weight excluding hydrogens is 554 g/mol. The van der Waals surface area contributed by atoms with Crippen molar-refractivity contribution in [2.24, 2.45) is 16.6 Å². The van der Waals surface area contributed by atoms with E-state index in [9.17, 15) is 4.79 Å². The molecule has 228 valence electrons. The third kappa shape index (κ3) is 7.40. The lowest BCUT2D eigenvalue weighted by Gasteiger charge is -2.42. The predicted octanol–water partition coefficient (Wildman–Crippen LogP) is 8.10. The van der Waals surface area contributed by atoms with Gasteiger partial charge in [-0.15, -0.1) is 11.3 Å². The Balaban J connectivity index is 1.20. The Kier molecular flexibility index (Phi) is 9.61. The second kappa shape index (κ2) is 13.9. The Bertz CT molecular complexity index is 1390. The van der Waals surface area contributed by atoms with Crippen molar-refractivity contribution >= 4 is 28.9 Å². The van der Waals surface area contributed by atoms with Crippen LogP contribution in [0.4, 0.5) is 5.69 Å². The number of guanidine groups is 1. The van der Waals surface area contributed by atoms with Crippen molar-refractivity contribution in [3.8, 4) is 11.5 Å². The summed E-state index contributed by atoms with van der Waals surface area (Å²) in [4.78, 5) is 28.0. The van der Waals surface area contributed by atoms with E-state index < -0.39 is 0 Å². The molecule has 2 N–H and O–H groups in total. The number of fused-ring (bicyclic) bond motifs is 1. The average molecular weight is 600 g/mol. The van der Waals surface area contributed by atoms with Gasteiger partial charge in [0.05, 0.1) is 22.9 Å². The highest BCUT2D eigenvalue weighted by Crippen LogP contribution is 2.37. The van der Waals surface area contributed by atoms with Crippen LogP contribution in [0, 0.1) is 12.8 Å². The summed E-state index contributed by atoms with van der Waals surface area (Å²) in [6.07, 6.45) is 13.3. The third-order valence-corrected chi connectivity index (χ3v) is 10.3. The van der Waals surface area contributed by atoms with Gasteiger partial charge in [0.15, 0.2) is 5.96 Å². The number of nitrogens with two attached hydrogens (primary N) is 1. The smallest absolute Gasteiger partial charge is 0.223 e. The van der Waals surface area contributed by atoms with Crippen LogP contribution < -0.4 is 10.5 Å². The molecular formula is C35H45N5O2S. The first-order valence-electron chi connectivity index (χ1n) is 16.2. The molecule has 3 aliphatic rings. The SMILES string of the molecule is Cc1nc(CN(C(=O)CC[C@@H](C2CCCCC2)N2Cc3cc(Oc4ccccc4)ccc3N=C2N)C2CCCCC2)cs1.